The lowest BCUT2D eigenvalue weighted by atomic mass is 10.1. The van der Waals surface area contributed by atoms with E-state index in [0.29, 0.717) is 6.04 Å². The Bertz CT molecular complexity index is 539. The predicted molar refractivity (Wildman–Crippen MR) is 88.0 cm³/mol. The summed E-state index contributed by atoms with van der Waals surface area (Å²) in [6.07, 6.45) is 3.09. The van der Waals surface area contributed by atoms with Crippen LogP contribution in [0.15, 0.2) is 53.4 Å². The molecule has 0 radical (unpaired) electrons. The predicted octanol–water partition coefficient (Wildman–Crippen LogP) is 4.46. The molecule has 2 rings (SSSR count). The Morgan fingerprint density at radius 1 is 1.15 bits per heavy atom. The lowest BCUT2D eigenvalue weighted by Crippen LogP contribution is -2.17. The zero-order valence-corrected chi connectivity index (χ0v) is 13.0. The van der Waals surface area contributed by atoms with Crippen molar-refractivity contribution in [3.8, 4) is 5.75 Å². The molecule has 0 aliphatic rings. The fourth-order valence-electron chi connectivity index (χ4n) is 2.16. The SMILES string of the molecule is COc1ccc(C[C@H](C)Nc2cccc(SC)c2)cc1. The highest BCUT2D eigenvalue weighted by atomic mass is 32.2. The topological polar surface area (TPSA) is 21.3 Å². The van der Waals surface area contributed by atoms with E-state index in [-0.39, 0.29) is 0 Å². The number of hydrogen-bond donors (Lipinski definition) is 1. The van der Waals surface area contributed by atoms with Crippen LogP contribution in [0.1, 0.15) is 12.5 Å². The molecular formula is C17H21NOS. The molecule has 0 spiro atoms. The van der Waals surface area contributed by atoms with Crippen molar-refractivity contribution in [3.63, 3.8) is 0 Å². The molecule has 0 aromatic heterocycles. The molecule has 1 atom stereocenters. The zero-order chi connectivity index (χ0) is 14.4. The highest BCUT2D eigenvalue weighted by Gasteiger charge is 2.04. The molecule has 106 valence electrons. The molecule has 0 bridgehead atoms. The maximum Gasteiger partial charge on any atom is 0.118 e. The molecule has 0 heterocycles. The lowest BCUT2D eigenvalue weighted by Gasteiger charge is -2.16. The van der Waals surface area contributed by atoms with Crippen LogP contribution in [-0.2, 0) is 6.42 Å². The fourth-order valence-corrected chi connectivity index (χ4v) is 2.62. The Labute approximate surface area is 125 Å². The Balaban J connectivity index is 1.95. The molecule has 2 aromatic rings. The van der Waals surface area contributed by atoms with E-state index >= 15 is 0 Å². The number of ether oxygens (including phenoxy) is 1. The van der Waals surface area contributed by atoms with Crippen molar-refractivity contribution in [1.82, 2.24) is 0 Å². The maximum absolute atomic E-state index is 5.18. The summed E-state index contributed by atoms with van der Waals surface area (Å²) in [5.74, 6) is 0.905. The van der Waals surface area contributed by atoms with Crippen molar-refractivity contribution in [1.29, 1.82) is 0 Å². The van der Waals surface area contributed by atoms with E-state index in [1.54, 1.807) is 18.9 Å². The van der Waals surface area contributed by atoms with Crippen LogP contribution >= 0.6 is 11.8 Å². The molecule has 0 saturated heterocycles. The molecule has 0 unspecified atom stereocenters. The van der Waals surface area contributed by atoms with Crippen LogP contribution in [0.25, 0.3) is 0 Å². The third kappa shape index (κ3) is 4.20. The summed E-state index contributed by atoms with van der Waals surface area (Å²) in [6, 6.07) is 17.2. The van der Waals surface area contributed by atoms with E-state index in [2.05, 4.69) is 54.9 Å². The Morgan fingerprint density at radius 3 is 2.55 bits per heavy atom. The number of benzene rings is 2. The van der Waals surface area contributed by atoms with Crippen molar-refractivity contribution in [2.75, 3.05) is 18.7 Å². The number of rotatable bonds is 6. The van der Waals surface area contributed by atoms with Gasteiger partial charge in [0.2, 0.25) is 0 Å². The van der Waals surface area contributed by atoms with Gasteiger partial charge >= 0.3 is 0 Å². The third-order valence-electron chi connectivity index (χ3n) is 3.18. The van der Waals surface area contributed by atoms with Gasteiger partial charge in [0.15, 0.2) is 0 Å². The van der Waals surface area contributed by atoms with E-state index in [1.165, 1.54) is 16.1 Å². The van der Waals surface area contributed by atoms with Crippen LogP contribution in [0.2, 0.25) is 0 Å². The molecule has 0 fully saturated rings. The van der Waals surface area contributed by atoms with Gasteiger partial charge in [-0.05, 0) is 55.5 Å². The molecule has 3 heteroatoms. The summed E-state index contributed by atoms with van der Waals surface area (Å²) in [5, 5.41) is 3.55. The van der Waals surface area contributed by atoms with Crippen LogP contribution in [0.4, 0.5) is 5.69 Å². The van der Waals surface area contributed by atoms with Gasteiger partial charge in [-0.3, -0.25) is 0 Å². The minimum absolute atomic E-state index is 0.389. The lowest BCUT2D eigenvalue weighted by molar-refractivity contribution is 0.414. The van der Waals surface area contributed by atoms with Gasteiger partial charge in [-0.1, -0.05) is 18.2 Å². The number of nitrogens with one attached hydrogen (secondary N) is 1. The fraction of sp³-hybridized carbons (Fsp3) is 0.294. The molecule has 1 N–H and O–H groups in total. The number of thioether (sulfide) groups is 1. The average molecular weight is 287 g/mol. The van der Waals surface area contributed by atoms with Gasteiger partial charge in [0, 0.05) is 16.6 Å². The van der Waals surface area contributed by atoms with E-state index in [1.807, 2.05) is 12.1 Å². The monoisotopic (exact) mass is 287 g/mol. The van der Waals surface area contributed by atoms with Crippen molar-refractivity contribution in [3.05, 3.63) is 54.1 Å². The maximum atomic E-state index is 5.18. The third-order valence-corrected chi connectivity index (χ3v) is 3.91. The van der Waals surface area contributed by atoms with Crippen LogP contribution < -0.4 is 10.1 Å². The smallest absolute Gasteiger partial charge is 0.118 e. The second kappa shape index (κ2) is 7.25. The van der Waals surface area contributed by atoms with Gasteiger partial charge in [0.25, 0.3) is 0 Å². The van der Waals surface area contributed by atoms with Crippen LogP contribution in [0.3, 0.4) is 0 Å². The highest BCUT2D eigenvalue weighted by Crippen LogP contribution is 2.20. The minimum Gasteiger partial charge on any atom is -0.497 e. The van der Waals surface area contributed by atoms with Gasteiger partial charge in [-0.15, -0.1) is 11.8 Å². The van der Waals surface area contributed by atoms with Crippen LogP contribution in [0.5, 0.6) is 5.75 Å². The quantitative estimate of drug-likeness (QED) is 0.793. The Kier molecular flexibility index (Phi) is 5.36. The molecule has 2 nitrogen and oxygen atoms in total. The first-order chi connectivity index (χ1) is 9.71. The van der Waals surface area contributed by atoms with Gasteiger partial charge in [0.05, 0.1) is 7.11 Å². The van der Waals surface area contributed by atoms with E-state index in [9.17, 15) is 0 Å². The first kappa shape index (κ1) is 14.8. The van der Waals surface area contributed by atoms with Crippen molar-refractivity contribution in [2.24, 2.45) is 0 Å². The largest absolute Gasteiger partial charge is 0.497 e. The molecule has 20 heavy (non-hydrogen) atoms. The van der Waals surface area contributed by atoms with E-state index in [4.69, 9.17) is 4.74 Å². The van der Waals surface area contributed by atoms with Crippen molar-refractivity contribution < 1.29 is 4.74 Å². The summed E-state index contributed by atoms with van der Waals surface area (Å²) in [4.78, 5) is 1.28. The Morgan fingerprint density at radius 2 is 1.90 bits per heavy atom. The molecular weight excluding hydrogens is 266 g/mol. The van der Waals surface area contributed by atoms with Crippen LogP contribution in [-0.4, -0.2) is 19.4 Å². The molecule has 0 aliphatic carbocycles. The first-order valence-electron chi connectivity index (χ1n) is 6.75. The average Bonchev–Trinajstić information content (AvgIpc) is 2.48. The second-order valence-electron chi connectivity index (χ2n) is 4.83. The highest BCUT2D eigenvalue weighted by molar-refractivity contribution is 7.98. The number of methoxy groups -OCH3 is 1. The van der Waals surface area contributed by atoms with E-state index < -0.39 is 0 Å². The normalized spacial score (nSPS) is 11.9. The van der Waals surface area contributed by atoms with Gasteiger partial charge in [-0.2, -0.15) is 0 Å². The first-order valence-corrected chi connectivity index (χ1v) is 7.97. The summed E-state index contributed by atoms with van der Waals surface area (Å²) < 4.78 is 5.18. The molecule has 0 amide bonds. The Hall–Kier alpha value is -1.61. The van der Waals surface area contributed by atoms with Gasteiger partial charge in [-0.25, -0.2) is 0 Å². The zero-order valence-electron chi connectivity index (χ0n) is 12.2. The molecule has 0 aliphatic heterocycles. The van der Waals surface area contributed by atoms with Crippen LogP contribution in [0, 0.1) is 0 Å². The van der Waals surface area contributed by atoms with Crippen molar-refractivity contribution in [2.45, 2.75) is 24.3 Å². The minimum atomic E-state index is 0.389. The van der Waals surface area contributed by atoms with E-state index in [0.717, 1.165) is 12.2 Å². The number of hydrogen-bond acceptors (Lipinski definition) is 3. The van der Waals surface area contributed by atoms with Gasteiger partial charge < -0.3 is 10.1 Å². The van der Waals surface area contributed by atoms with Crippen molar-refractivity contribution >= 4 is 17.4 Å². The second-order valence-corrected chi connectivity index (χ2v) is 5.71. The molecule has 2 aromatic carbocycles. The summed E-state index contributed by atoms with van der Waals surface area (Å²) >= 11 is 1.76. The standard InChI is InChI=1S/C17H21NOS/c1-13(11-14-7-9-16(19-2)10-8-14)18-15-5-4-6-17(12-15)20-3/h4-10,12-13,18H,11H2,1-3H3/t13-/m0/s1. The summed E-state index contributed by atoms with van der Waals surface area (Å²) in [7, 11) is 1.69. The summed E-state index contributed by atoms with van der Waals surface area (Å²) in [6.45, 7) is 2.20. The summed E-state index contributed by atoms with van der Waals surface area (Å²) in [5.41, 5.74) is 2.49. The number of anilines is 1. The van der Waals surface area contributed by atoms with Gasteiger partial charge in [0.1, 0.15) is 5.75 Å². The molecule has 0 saturated carbocycles.